The van der Waals surface area contributed by atoms with Gasteiger partial charge in [0.05, 0.1) is 0 Å². The molecule has 0 aromatic carbocycles. The number of carbonyl (C=O) groups excluding carboxylic acids is 2. The molecule has 0 saturated carbocycles. The number of piperidine rings is 1. The molecule has 0 aliphatic carbocycles. The lowest BCUT2D eigenvalue weighted by molar-refractivity contribution is -0.132. The van der Waals surface area contributed by atoms with Crippen molar-refractivity contribution in [3.63, 3.8) is 0 Å². The van der Waals surface area contributed by atoms with Gasteiger partial charge in [0.2, 0.25) is 11.8 Å². The number of nitrogens with one attached hydrogen (secondary N) is 1. The van der Waals surface area contributed by atoms with Crippen LogP contribution in [-0.2, 0) is 9.59 Å². The van der Waals surface area contributed by atoms with E-state index in [0.717, 1.165) is 12.8 Å². The van der Waals surface area contributed by atoms with Crippen molar-refractivity contribution in [2.24, 2.45) is 11.7 Å². The van der Waals surface area contributed by atoms with Gasteiger partial charge in [-0.1, -0.05) is 13.8 Å². The molecule has 0 aromatic heterocycles. The summed E-state index contributed by atoms with van der Waals surface area (Å²) >= 11 is 0. The molecule has 1 saturated heterocycles. The zero-order chi connectivity index (χ0) is 13.7. The van der Waals surface area contributed by atoms with Gasteiger partial charge in [-0.2, -0.15) is 0 Å². The molecule has 104 valence electrons. The zero-order valence-corrected chi connectivity index (χ0v) is 11.6. The third-order valence-corrected chi connectivity index (χ3v) is 3.22. The Balaban J connectivity index is 2.32. The Morgan fingerprint density at radius 3 is 2.28 bits per heavy atom. The minimum atomic E-state index is -0.0872. The highest BCUT2D eigenvalue weighted by atomic mass is 16.2. The van der Waals surface area contributed by atoms with E-state index in [2.05, 4.69) is 5.32 Å². The van der Waals surface area contributed by atoms with Crippen LogP contribution in [0.5, 0.6) is 0 Å². The molecule has 1 aliphatic rings. The van der Waals surface area contributed by atoms with Crippen LogP contribution in [0.3, 0.4) is 0 Å². The summed E-state index contributed by atoms with van der Waals surface area (Å²) in [5.41, 5.74) is 5.62. The molecule has 1 rings (SSSR count). The molecule has 1 atom stereocenters. The van der Waals surface area contributed by atoms with E-state index in [9.17, 15) is 9.59 Å². The van der Waals surface area contributed by atoms with Crippen LogP contribution in [0, 0.1) is 5.92 Å². The van der Waals surface area contributed by atoms with Gasteiger partial charge in [-0.15, -0.1) is 0 Å². The van der Waals surface area contributed by atoms with E-state index in [1.54, 1.807) is 0 Å². The molecule has 0 bridgehead atoms. The fraction of sp³-hybridized carbons (Fsp3) is 0.846. The van der Waals surface area contributed by atoms with Gasteiger partial charge in [0.15, 0.2) is 0 Å². The molecular weight excluding hydrogens is 230 g/mol. The largest absolute Gasteiger partial charge is 0.353 e. The predicted molar refractivity (Wildman–Crippen MR) is 70.8 cm³/mol. The van der Waals surface area contributed by atoms with Crippen molar-refractivity contribution in [3.8, 4) is 0 Å². The minimum absolute atomic E-state index is 0.0164. The van der Waals surface area contributed by atoms with E-state index in [4.69, 9.17) is 5.73 Å². The Bertz CT molecular complexity index is 295. The first-order valence-corrected chi connectivity index (χ1v) is 6.74. The smallest absolute Gasteiger partial charge is 0.224 e. The number of carbonyl (C=O) groups is 2. The Hall–Kier alpha value is -1.10. The molecule has 3 N–H and O–H groups in total. The van der Waals surface area contributed by atoms with Crippen molar-refractivity contribution in [2.75, 3.05) is 13.1 Å². The quantitative estimate of drug-likeness (QED) is 0.767. The Morgan fingerprint density at radius 2 is 1.83 bits per heavy atom. The van der Waals surface area contributed by atoms with Crippen LogP contribution in [0.15, 0.2) is 0 Å². The predicted octanol–water partition coefficient (Wildman–Crippen LogP) is 0.487. The zero-order valence-electron chi connectivity index (χ0n) is 11.6. The molecular formula is C13H25N3O2. The van der Waals surface area contributed by atoms with Gasteiger partial charge in [0.1, 0.15) is 0 Å². The summed E-state index contributed by atoms with van der Waals surface area (Å²) in [6, 6.07) is 0.120. The molecule has 0 spiro atoms. The molecule has 1 unspecified atom stereocenters. The van der Waals surface area contributed by atoms with Gasteiger partial charge in [-0.3, -0.25) is 9.59 Å². The lowest BCUT2D eigenvalue weighted by Crippen LogP contribution is -2.48. The molecule has 2 amide bonds. The fourth-order valence-electron chi connectivity index (χ4n) is 2.05. The molecule has 5 nitrogen and oxygen atoms in total. The normalized spacial score (nSPS) is 18.8. The van der Waals surface area contributed by atoms with Crippen molar-refractivity contribution in [1.82, 2.24) is 10.2 Å². The van der Waals surface area contributed by atoms with Crippen LogP contribution in [0.2, 0.25) is 0 Å². The Morgan fingerprint density at radius 1 is 1.28 bits per heavy atom. The van der Waals surface area contributed by atoms with E-state index in [1.807, 2.05) is 25.7 Å². The second-order valence-electron chi connectivity index (χ2n) is 5.50. The van der Waals surface area contributed by atoms with Crippen LogP contribution in [0.25, 0.3) is 0 Å². The van der Waals surface area contributed by atoms with Gasteiger partial charge >= 0.3 is 0 Å². The summed E-state index contributed by atoms with van der Waals surface area (Å²) in [5.74, 6) is 0.233. The highest BCUT2D eigenvalue weighted by Gasteiger charge is 2.24. The molecule has 0 radical (unpaired) electrons. The SMILES string of the molecule is CC(N)CC(=O)N1CCC(NC(=O)C(C)C)CC1. The van der Waals surface area contributed by atoms with Crippen molar-refractivity contribution < 1.29 is 9.59 Å². The second-order valence-corrected chi connectivity index (χ2v) is 5.50. The Kier molecular flexibility index (Phi) is 5.59. The number of nitrogens with two attached hydrogens (primary N) is 1. The number of likely N-dealkylation sites (tertiary alicyclic amines) is 1. The lowest BCUT2D eigenvalue weighted by Gasteiger charge is -2.33. The Labute approximate surface area is 109 Å². The first-order valence-electron chi connectivity index (χ1n) is 6.74. The highest BCUT2D eigenvalue weighted by Crippen LogP contribution is 2.12. The second kappa shape index (κ2) is 6.73. The molecule has 1 aliphatic heterocycles. The molecule has 18 heavy (non-hydrogen) atoms. The van der Waals surface area contributed by atoms with Gasteiger partial charge in [-0.05, 0) is 19.8 Å². The molecule has 1 fully saturated rings. The number of hydrogen-bond donors (Lipinski definition) is 2. The monoisotopic (exact) mass is 255 g/mol. The van der Waals surface area contributed by atoms with Gasteiger partial charge in [0, 0.05) is 37.5 Å². The number of hydrogen-bond acceptors (Lipinski definition) is 3. The van der Waals surface area contributed by atoms with Crippen molar-refractivity contribution >= 4 is 11.8 Å². The average Bonchev–Trinajstić information content (AvgIpc) is 2.28. The van der Waals surface area contributed by atoms with Crippen LogP contribution < -0.4 is 11.1 Å². The van der Waals surface area contributed by atoms with Crippen molar-refractivity contribution in [2.45, 2.75) is 52.1 Å². The summed E-state index contributed by atoms with van der Waals surface area (Å²) in [4.78, 5) is 25.2. The number of rotatable bonds is 4. The van der Waals surface area contributed by atoms with Crippen LogP contribution in [0.1, 0.15) is 40.0 Å². The first-order chi connectivity index (χ1) is 8.40. The van der Waals surface area contributed by atoms with Gasteiger partial charge in [-0.25, -0.2) is 0 Å². The third-order valence-electron chi connectivity index (χ3n) is 3.22. The van der Waals surface area contributed by atoms with Crippen LogP contribution in [0.4, 0.5) is 0 Å². The summed E-state index contributed by atoms with van der Waals surface area (Å²) < 4.78 is 0. The van der Waals surface area contributed by atoms with E-state index < -0.39 is 0 Å². The van der Waals surface area contributed by atoms with E-state index in [-0.39, 0.29) is 29.8 Å². The third kappa shape index (κ3) is 4.64. The van der Waals surface area contributed by atoms with E-state index >= 15 is 0 Å². The standard InChI is InChI=1S/C13H25N3O2/c1-9(2)13(18)15-11-4-6-16(7-5-11)12(17)8-10(3)14/h9-11H,4-8,14H2,1-3H3,(H,15,18). The summed E-state index contributed by atoms with van der Waals surface area (Å²) in [5, 5.41) is 3.02. The number of amides is 2. The molecule has 0 aromatic rings. The van der Waals surface area contributed by atoms with Crippen molar-refractivity contribution in [1.29, 1.82) is 0 Å². The maximum Gasteiger partial charge on any atom is 0.224 e. The highest BCUT2D eigenvalue weighted by molar-refractivity contribution is 5.78. The van der Waals surface area contributed by atoms with Gasteiger partial charge < -0.3 is 16.0 Å². The van der Waals surface area contributed by atoms with Crippen molar-refractivity contribution in [3.05, 3.63) is 0 Å². The van der Waals surface area contributed by atoms with E-state index in [1.165, 1.54) is 0 Å². The first kappa shape index (κ1) is 15.0. The van der Waals surface area contributed by atoms with Crippen LogP contribution >= 0.6 is 0 Å². The molecule has 1 heterocycles. The summed E-state index contributed by atoms with van der Waals surface area (Å²) in [6.45, 7) is 7.05. The minimum Gasteiger partial charge on any atom is -0.353 e. The van der Waals surface area contributed by atoms with E-state index in [0.29, 0.717) is 19.5 Å². The number of nitrogens with zero attached hydrogens (tertiary/aromatic N) is 1. The fourth-order valence-corrected chi connectivity index (χ4v) is 2.05. The molecule has 5 heteroatoms. The van der Waals surface area contributed by atoms with Crippen LogP contribution in [-0.4, -0.2) is 41.9 Å². The summed E-state index contributed by atoms with van der Waals surface area (Å²) in [7, 11) is 0. The maximum absolute atomic E-state index is 11.8. The lowest BCUT2D eigenvalue weighted by atomic mass is 10.0. The average molecular weight is 255 g/mol. The summed E-state index contributed by atoms with van der Waals surface area (Å²) in [6.07, 6.45) is 2.08. The maximum atomic E-state index is 11.8. The van der Waals surface area contributed by atoms with Gasteiger partial charge in [0.25, 0.3) is 0 Å². The topological polar surface area (TPSA) is 75.4 Å².